The third-order valence-electron chi connectivity index (χ3n) is 4.40. The van der Waals surface area contributed by atoms with Crippen molar-refractivity contribution < 1.29 is 18.7 Å². The van der Waals surface area contributed by atoms with Crippen LogP contribution in [-0.4, -0.2) is 29.0 Å². The van der Waals surface area contributed by atoms with Crippen LogP contribution in [0, 0.1) is 5.82 Å². The summed E-state index contributed by atoms with van der Waals surface area (Å²) >= 11 is 0. The van der Waals surface area contributed by atoms with Gasteiger partial charge in [0, 0.05) is 11.8 Å². The van der Waals surface area contributed by atoms with Crippen molar-refractivity contribution in [3.05, 3.63) is 103 Å². The first-order valence-electron chi connectivity index (χ1n) is 9.47. The summed E-state index contributed by atoms with van der Waals surface area (Å²) in [4.78, 5) is 12.8. The van der Waals surface area contributed by atoms with Gasteiger partial charge in [-0.05, 0) is 48.5 Å². The van der Waals surface area contributed by atoms with Crippen molar-refractivity contribution in [2.75, 3.05) is 13.2 Å². The normalized spacial score (nSPS) is 10.6. The van der Waals surface area contributed by atoms with Crippen LogP contribution in [0.2, 0.25) is 0 Å². The lowest BCUT2D eigenvalue weighted by atomic mass is 10.1. The molecule has 0 N–H and O–H groups in total. The van der Waals surface area contributed by atoms with Crippen LogP contribution in [0.15, 0.2) is 91.1 Å². The van der Waals surface area contributed by atoms with Gasteiger partial charge in [-0.3, -0.25) is 0 Å². The molecule has 0 aliphatic heterocycles. The second-order valence-corrected chi connectivity index (χ2v) is 6.48. The Bertz CT molecular complexity index is 1110. The van der Waals surface area contributed by atoms with E-state index in [9.17, 15) is 9.18 Å². The molecule has 1 aromatic heterocycles. The standard InChI is InChI=1S/C24H19FN2O3/c25-19-13-11-18(12-14-19)23-22(17-27(26-23)20-7-3-1-4-8-20)24(28)30-16-15-29-21-9-5-2-6-10-21/h1-14,17H,15-16H2. The minimum atomic E-state index is -0.520. The van der Waals surface area contributed by atoms with E-state index < -0.39 is 5.97 Å². The Morgan fingerprint density at radius 3 is 2.23 bits per heavy atom. The Labute approximate surface area is 173 Å². The number of aromatic nitrogens is 2. The number of carbonyl (C=O) groups excluding carboxylic acids is 1. The summed E-state index contributed by atoms with van der Waals surface area (Å²) in [5.41, 5.74) is 2.14. The lowest BCUT2D eigenvalue weighted by Gasteiger charge is -2.07. The summed E-state index contributed by atoms with van der Waals surface area (Å²) in [6, 6.07) is 24.6. The monoisotopic (exact) mass is 402 g/mol. The van der Waals surface area contributed by atoms with Gasteiger partial charge >= 0.3 is 5.97 Å². The number of esters is 1. The first-order valence-corrected chi connectivity index (χ1v) is 9.47. The molecule has 150 valence electrons. The average Bonchev–Trinajstić information content (AvgIpc) is 3.24. The molecule has 0 bridgehead atoms. The second kappa shape index (κ2) is 9.05. The minimum absolute atomic E-state index is 0.0904. The highest BCUT2D eigenvalue weighted by Crippen LogP contribution is 2.25. The molecule has 0 aliphatic carbocycles. The number of hydrogen-bond donors (Lipinski definition) is 0. The van der Waals surface area contributed by atoms with Crippen LogP contribution in [-0.2, 0) is 4.74 Å². The molecule has 1 heterocycles. The van der Waals surface area contributed by atoms with Crippen molar-refractivity contribution in [1.82, 2.24) is 9.78 Å². The van der Waals surface area contributed by atoms with E-state index in [1.165, 1.54) is 12.1 Å². The Morgan fingerprint density at radius 2 is 1.53 bits per heavy atom. The number of ether oxygens (including phenoxy) is 2. The Kier molecular flexibility index (Phi) is 5.85. The predicted molar refractivity (Wildman–Crippen MR) is 111 cm³/mol. The van der Waals surface area contributed by atoms with E-state index in [0.29, 0.717) is 22.6 Å². The highest BCUT2D eigenvalue weighted by molar-refractivity contribution is 5.96. The van der Waals surface area contributed by atoms with Crippen LogP contribution < -0.4 is 4.74 Å². The van der Waals surface area contributed by atoms with Crippen LogP contribution in [0.3, 0.4) is 0 Å². The maximum atomic E-state index is 13.3. The number of rotatable bonds is 7. The number of nitrogens with zero attached hydrogens (tertiary/aromatic N) is 2. The van der Waals surface area contributed by atoms with E-state index in [2.05, 4.69) is 5.10 Å². The quantitative estimate of drug-likeness (QED) is 0.325. The predicted octanol–water partition coefficient (Wildman–Crippen LogP) is 4.91. The van der Waals surface area contributed by atoms with Crippen molar-refractivity contribution in [3.8, 4) is 22.7 Å². The highest BCUT2D eigenvalue weighted by atomic mass is 19.1. The molecule has 0 saturated heterocycles. The van der Waals surface area contributed by atoms with E-state index >= 15 is 0 Å². The SMILES string of the molecule is O=C(OCCOc1ccccc1)c1cn(-c2ccccc2)nc1-c1ccc(F)cc1. The lowest BCUT2D eigenvalue weighted by Crippen LogP contribution is -2.12. The van der Waals surface area contributed by atoms with Gasteiger partial charge < -0.3 is 9.47 Å². The summed E-state index contributed by atoms with van der Waals surface area (Å²) in [6.07, 6.45) is 1.62. The van der Waals surface area contributed by atoms with Crippen LogP contribution >= 0.6 is 0 Å². The van der Waals surface area contributed by atoms with E-state index in [4.69, 9.17) is 9.47 Å². The van der Waals surface area contributed by atoms with Gasteiger partial charge in [0.1, 0.15) is 36.0 Å². The fraction of sp³-hybridized carbons (Fsp3) is 0.0833. The third-order valence-corrected chi connectivity index (χ3v) is 4.40. The molecule has 0 amide bonds. The zero-order valence-corrected chi connectivity index (χ0v) is 16.1. The molecule has 0 atom stereocenters. The number of para-hydroxylation sites is 2. The van der Waals surface area contributed by atoms with E-state index in [1.807, 2.05) is 60.7 Å². The topological polar surface area (TPSA) is 53.4 Å². The smallest absolute Gasteiger partial charge is 0.342 e. The van der Waals surface area contributed by atoms with Crippen molar-refractivity contribution in [3.63, 3.8) is 0 Å². The van der Waals surface area contributed by atoms with Crippen molar-refractivity contribution in [2.45, 2.75) is 0 Å². The lowest BCUT2D eigenvalue weighted by molar-refractivity contribution is 0.0451. The molecule has 4 rings (SSSR count). The van der Waals surface area contributed by atoms with E-state index in [0.717, 1.165) is 5.69 Å². The molecule has 30 heavy (non-hydrogen) atoms. The number of benzene rings is 3. The van der Waals surface area contributed by atoms with Gasteiger partial charge in [-0.2, -0.15) is 5.10 Å². The maximum Gasteiger partial charge on any atom is 0.342 e. The van der Waals surface area contributed by atoms with Crippen LogP contribution in [0.4, 0.5) is 4.39 Å². The summed E-state index contributed by atoms with van der Waals surface area (Å²) in [7, 11) is 0. The summed E-state index contributed by atoms with van der Waals surface area (Å²) < 4.78 is 25.9. The molecule has 0 spiro atoms. The molecule has 0 aliphatic rings. The van der Waals surface area contributed by atoms with Gasteiger partial charge in [-0.15, -0.1) is 0 Å². The molecule has 0 unspecified atom stereocenters. The molecule has 0 radical (unpaired) electrons. The minimum Gasteiger partial charge on any atom is -0.490 e. The third kappa shape index (κ3) is 4.55. The maximum absolute atomic E-state index is 13.3. The average molecular weight is 402 g/mol. The molecule has 0 fully saturated rings. The summed E-state index contributed by atoms with van der Waals surface area (Å²) in [5.74, 6) is -0.172. The molecular formula is C24H19FN2O3. The molecule has 3 aromatic carbocycles. The number of carbonyl (C=O) groups is 1. The zero-order valence-electron chi connectivity index (χ0n) is 16.1. The van der Waals surface area contributed by atoms with E-state index in [-0.39, 0.29) is 19.0 Å². The Balaban J connectivity index is 1.53. The van der Waals surface area contributed by atoms with Crippen LogP contribution in [0.1, 0.15) is 10.4 Å². The summed E-state index contributed by atoms with van der Waals surface area (Å²) in [5, 5.41) is 4.54. The summed E-state index contributed by atoms with van der Waals surface area (Å²) in [6.45, 7) is 0.321. The molecule has 4 aromatic rings. The van der Waals surface area contributed by atoms with Gasteiger partial charge in [0.15, 0.2) is 0 Å². The van der Waals surface area contributed by atoms with Gasteiger partial charge in [0.25, 0.3) is 0 Å². The number of hydrogen-bond acceptors (Lipinski definition) is 4. The highest BCUT2D eigenvalue weighted by Gasteiger charge is 2.20. The van der Waals surface area contributed by atoms with Gasteiger partial charge in [0.2, 0.25) is 0 Å². The first-order chi connectivity index (χ1) is 14.7. The number of halogens is 1. The fourth-order valence-electron chi connectivity index (χ4n) is 2.95. The zero-order chi connectivity index (χ0) is 20.8. The second-order valence-electron chi connectivity index (χ2n) is 6.48. The fourth-order valence-corrected chi connectivity index (χ4v) is 2.95. The molecular weight excluding hydrogens is 383 g/mol. The Morgan fingerprint density at radius 1 is 0.867 bits per heavy atom. The largest absolute Gasteiger partial charge is 0.490 e. The van der Waals surface area contributed by atoms with Crippen LogP contribution in [0.25, 0.3) is 16.9 Å². The Hall–Kier alpha value is -3.93. The molecule has 0 saturated carbocycles. The van der Waals surface area contributed by atoms with Gasteiger partial charge in [-0.1, -0.05) is 36.4 Å². The molecule has 6 heteroatoms. The van der Waals surface area contributed by atoms with Gasteiger partial charge in [-0.25, -0.2) is 13.9 Å². The van der Waals surface area contributed by atoms with Crippen molar-refractivity contribution in [1.29, 1.82) is 0 Å². The van der Waals surface area contributed by atoms with Gasteiger partial charge in [0.05, 0.1) is 5.69 Å². The van der Waals surface area contributed by atoms with Crippen molar-refractivity contribution in [2.24, 2.45) is 0 Å². The van der Waals surface area contributed by atoms with Crippen LogP contribution in [0.5, 0.6) is 5.75 Å². The first kappa shape index (κ1) is 19.4. The van der Waals surface area contributed by atoms with Crippen molar-refractivity contribution >= 4 is 5.97 Å². The molecule has 5 nitrogen and oxygen atoms in total. The van der Waals surface area contributed by atoms with E-state index in [1.54, 1.807) is 23.0 Å².